The number of nitrogens with zero attached hydrogens (tertiary/aromatic N) is 6. The molecule has 604 valence electrons. The van der Waals surface area contributed by atoms with Crippen molar-refractivity contribution in [3.8, 4) is 33.8 Å². The van der Waals surface area contributed by atoms with Gasteiger partial charge in [0.15, 0.2) is 0 Å². The maximum atomic E-state index is 7.55. The van der Waals surface area contributed by atoms with Crippen molar-refractivity contribution in [2.75, 3.05) is 128 Å². The highest BCUT2D eigenvalue weighted by molar-refractivity contribution is 5.82. The summed E-state index contributed by atoms with van der Waals surface area (Å²) in [5.74, 6) is 6.01. The van der Waals surface area contributed by atoms with Crippen LogP contribution in [0.2, 0.25) is 0 Å². The van der Waals surface area contributed by atoms with Gasteiger partial charge in [0.05, 0.1) is 14.2 Å². The average Bonchev–Trinajstić information content (AvgIpc) is 1.58. The lowest BCUT2D eigenvalue weighted by Crippen LogP contribution is -2.17. The summed E-state index contributed by atoms with van der Waals surface area (Å²) in [4.78, 5) is 10.3. The molecule has 0 saturated heterocycles. The molecule has 8 nitrogen and oxygen atoms in total. The number of anilines is 6. The lowest BCUT2D eigenvalue weighted by molar-refractivity contribution is 0.407. The molecule has 11 aromatic rings. The lowest BCUT2D eigenvalue weighted by atomic mass is 9.84. The molecule has 0 amide bonds. The van der Waals surface area contributed by atoms with Gasteiger partial charge in [-0.15, -0.1) is 0 Å². The van der Waals surface area contributed by atoms with E-state index < -0.39 is 20.9 Å². The summed E-state index contributed by atoms with van der Waals surface area (Å²) in [6.07, 6.45) is 0. The van der Waals surface area contributed by atoms with Gasteiger partial charge in [0.25, 0.3) is 0 Å². The fourth-order valence-electron chi connectivity index (χ4n) is 14.1. The van der Waals surface area contributed by atoms with E-state index in [4.69, 9.17) is 21.8 Å². The van der Waals surface area contributed by atoms with Gasteiger partial charge in [-0.05, 0) is 168 Å². The summed E-state index contributed by atoms with van der Waals surface area (Å²) in [5, 5.41) is 0. The molecule has 0 N–H and O–H groups in total. The first-order valence-corrected chi connectivity index (χ1v) is 40.2. The lowest BCUT2D eigenvalue weighted by Gasteiger charge is -2.26. The topological polar surface area (TPSA) is 37.9 Å². The quantitative estimate of drug-likeness (QED) is 0.0841. The highest BCUT2D eigenvalue weighted by Crippen LogP contribution is 2.50. The summed E-state index contributed by atoms with van der Waals surface area (Å²) in [7, 11) is 20.6. The zero-order chi connectivity index (χ0) is 91.3. The number of methoxy groups -OCH3 is 2. The van der Waals surface area contributed by atoms with Gasteiger partial charge in [-0.2, -0.15) is 0 Å². The molecule has 0 aromatic heterocycles. The van der Waals surface area contributed by atoms with Crippen LogP contribution in [0, 0.1) is 0 Å². The molecule has 0 radical (unpaired) electrons. The smallest absolute Gasteiger partial charge is 0.122 e. The van der Waals surface area contributed by atoms with Crippen LogP contribution in [-0.4, -0.2) is 98.6 Å². The fourth-order valence-corrected chi connectivity index (χ4v) is 14.1. The minimum atomic E-state index is -2.28. The Kier molecular flexibility index (Phi) is 32.9. The third kappa shape index (κ3) is 27.3. The maximum absolute atomic E-state index is 7.55. The van der Waals surface area contributed by atoms with Gasteiger partial charge in [-0.1, -0.05) is 323 Å². The van der Waals surface area contributed by atoms with Crippen LogP contribution < -0.4 is 38.9 Å². The Hall–Kier alpha value is -10.2. The molecule has 0 bridgehead atoms. The standard InChI is InChI=1S/C22H20.C15H16.2C13H22N2.2C11H17N.2C10H14O/c1-15(2)17-13-8-14-20-18-11-6-7-12-19(18)21(22(17)20)16-9-4-3-5-10-16;1-12(2)13-8-10-15(11-9-13)14-6-4-3-5-7-14;2*1-10(2)13-11(14(3)4)8-7-9-12(13)15(5)6;2*1-9(2)10-7-5-6-8-11(10)12(3)4;2*1-8(2)9-6-4-5-7-10(9)11-3/h3-15,21H,1-2H3;3-12H,1-2H3;2*7-10H,1-6H3;2*5-9H,1-4H3;2*4-8H,1-3H3/i;;3D3,5D3;;3D3;;;. The van der Waals surface area contributed by atoms with E-state index in [2.05, 4.69) is 330 Å². The van der Waals surface area contributed by atoms with Gasteiger partial charge < -0.3 is 38.9 Å². The third-order valence-electron chi connectivity index (χ3n) is 19.9. The van der Waals surface area contributed by atoms with Crippen molar-refractivity contribution in [1.29, 1.82) is 0 Å². The van der Waals surface area contributed by atoms with Crippen molar-refractivity contribution < 1.29 is 21.8 Å². The highest BCUT2D eigenvalue weighted by atomic mass is 16.5. The molecule has 0 aliphatic heterocycles. The van der Waals surface area contributed by atoms with E-state index in [1.807, 2.05) is 80.6 Å². The molecule has 1 atom stereocenters. The predicted molar refractivity (Wildman–Crippen MR) is 502 cm³/mol. The molecule has 1 aliphatic rings. The summed E-state index contributed by atoms with van der Waals surface area (Å²) >= 11 is 0. The van der Waals surface area contributed by atoms with Crippen LogP contribution in [0.1, 0.15) is 238 Å². The van der Waals surface area contributed by atoms with E-state index in [0.29, 0.717) is 58.7 Å². The zero-order valence-electron chi connectivity index (χ0n) is 82.5. The second kappa shape index (κ2) is 46.7. The number of hydrogen-bond donors (Lipinski definition) is 0. The van der Waals surface area contributed by atoms with Gasteiger partial charge in [-0.25, -0.2) is 0 Å². The molecule has 0 heterocycles. The van der Waals surface area contributed by atoms with Crippen LogP contribution in [0.5, 0.6) is 11.5 Å². The van der Waals surface area contributed by atoms with Crippen LogP contribution in [0.25, 0.3) is 22.3 Å². The van der Waals surface area contributed by atoms with E-state index in [1.165, 1.54) is 118 Å². The van der Waals surface area contributed by atoms with E-state index in [1.54, 1.807) is 39.5 Å². The van der Waals surface area contributed by atoms with Crippen molar-refractivity contribution in [2.24, 2.45) is 0 Å². The highest BCUT2D eigenvalue weighted by Gasteiger charge is 2.32. The third-order valence-corrected chi connectivity index (χ3v) is 19.9. The first-order valence-electron chi connectivity index (χ1n) is 44.7. The van der Waals surface area contributed by atoms with E-state index in [0.717, 1.165) is 28.3 Å². The predicted octanol–water partition coefficient (Wildman–Crippen LogP) is 27.7. The van der Waals surface area contributed by atoms with Crippen molar-refractivity contribution >= 4 is 34.1 Å². The summed E-state index contributed by atoms with van der Waals surface area (Å²) in [6, 6.07) is 89.9. The molecule has 12 rings (SSSR count). The van der Waals surface area contributed by atoms with Crippen molar-refractivity contribution in [3.63, 3.8) is 0 Å². The Bertz CT molecular complexity index is 4750. The van der Waals surface area contributed by atoms with Crippen molar-refractivity contribution in [1.82, 2.24) is 0 Å². The summed E-state index contributed by atoms with van der Waals surface area (Å²) in [6.45, 7) is 28.0. The Morgan fingerprint density at radius 1 is 0.257 bits per heavy atom. The number of ether oxygens (including phenoxy) is 2. The van der Waals surface area contributed by atoms with E-state index in [9.17, 15) is 0 Å². The fraction of sp³-hybridized carbons (Fsp3) is 0.371. The molecule has 11 aromatic carbocycles. The average molecular weight is 1530 g/mol. The largest absolute Gasteiger partial charge is 0.496 e. The molecule has 113 heavy (non-hydrogen) atoms. The summed E-state index contributed by atoms with van der Waals surface area (Å²) in [5.41, 5.74) is 25.6. The minimum Gasteiger partial charge on any atom is -0.496 e. The second-order valence-corrected chi connectivity index (χ2v) is 31.8. The minimum absolute atomic E-state index is 0.00852. The van der Waals surface area contributed by atoms with Gasteiger partial charge in [-0.3, -0.25) is 0 Å². The van der Waals surface area contributed by atoms with Crippen molar-refractivity contribution in [2.45, 2.75) is 164 Å². The molecule has 1 aliphatic carbocycles. The second-order valence-electron chi connectivity index (χ2n) is 31.8. The number of para-hydroxylation sites is 4. The number of rotatable bonds is 18. The Labute approximate surface area is 700 Å². The number of fused-ring (bicyclic) bond motifs is 3. The van der Waals surface area contributed by atoms with Crippen LogP contribution >= 0.6 is 0 Å². The molecule has 0 fully saturated rings. The number of hydrogen-bond acceptors (Lipinski definition) is 8. The van der Waals surface area contributed by atoms with Gasteiger partial charge >= 0.3 is 0 Å². The van der Waals surface area contributed by atoms with Crippen LogP contribution in [0.4, 0.5) is 34.1 Å². The first kappa shape index (κ1) is 79.5. The van der Waals surface area contributed by atoms with E-state index >= 15 is 0 Å². The SMILES string of the molecule is CC(C)c1c(N(C)C)cccc1N(C)C.CC(C)c1ccc(-c2ccccc2)cc1.CC(C)c1cccc2c1C(c1ccccc1)c1ccccc1-2.CC(C)c1ccccc1N(C)C.COc1ccccc1C(C)C.COc1ccccc1C(C)C.[2H]C([2H])([2H])N(C)c1cccc(N(C)C([2H])([2H])[2H])c1C(C)C.[2H]C([2H])([2H])N(C)c1ccccc1C(C)C. The monoisotopic (exact) mass is 1530 g/mol. The maximum Gasteiger partial charge on any atom is 0.122 e. The molecule has 0 saturated carbocycles. The Morgan fingerprint density at radius 2 is 0.558 bits per heavy atom. The molecule has 0 spiro atoms. The first-order chi connectivity index (χ1) is 57.3. The van der Waals surface area contributed by atoms with Crippen LogP contribution in [0.3, 0.4) is 0 Å². The van der Waals surface area contributed by atoms with E-state index in [-0.39, 0.29) is 5.92 Å². The van der Waals surface area contributed by atoms with Gasteiger partial charge in [0.2, 0.25) is 0 Å². The van der Waals surface area contributed by atoms with Gasteiger partial charge in [0, 0.05) is 148 Å². The molecule has 1 unspecified atom stereocenters. The van der Waals surface area contributed by atoms with Crippen LogP contribution in [-0.2, 0) is 0 Å². The summed E-state index contributed by atoms with van der Waals surface area (Å²) < 4.78 is 77.8. The Morgan fingerprint density at radius 3 is 0.920 bits per heavy atom. The normalized spacial score (nSPS) is 13.0. The molecule has 8 heteroatoms. The zero-order valence-corrected chi connectivity index (χ0v) is 73.5. The number of benzene rings is 11. The molecular formula is C105H142N6O2. The van der Waals surface area contributed by atoms with Gasteiger partial charge in [0.1, 0.15) is 11.5 Å². The van der Waals surface area contributed by atoms with Crippen LogP contribution in [0.15, 0.2) is 261 Å². The Balaban J connectivity index is 0.000000251. The molecular weight excluding hydrogens is 1380 g/mol. The van der Waals surface area contributed by atoms with Crippen molar-refractivity contribution in [3.05, 3.63) is 322 Å².